The minimum atomic E-state index is -0.562. The van der Waals surface area contributed by atoms with Gasteiger partial charge in [0.1, 0.15) is 5.69 Å². The molecule has 1 heterocycles. The predicted octanol–water partition coefficient (Wildman–Crippen LogP) is 0.865. The summed E-state index contributed by atoms with van der Waals surface area (Å²) < 4.78 is 9.51. The lowest BCUT2D eigenvalue weighted by molar-refractivity contribution is 0.0481. The highest BCUT2D eigenvalue weighted by Gasteiger charge is 2.21. The van der Waals surface area contributed by atoms with Crippen LogP contribution in [0.4, 0.5) is 11.5 Å². The standard InChI is InChI=1S/C8H13N3O3/c1-3-10-5-6(8(12)13-4-2)14-11-7(5)9/h10H,3-4H2,1-2H3,(H2,9,11). The van der Waals surface area contributed by atoms with Crippen molar-refractivity contribution in [1.82, 2.24) is 5.16 Å². The molecule has 1 aromatic rings. The van der Waals surface area contributed by atoms with E-state index in [1.54, 1.807) is 6.92 Å². The highest BCUT2D eigenvalue weighted by Crippen LogP contribution is 2.23. The van der Waals surface area contributed by atoms with Gasteiger partial charge in [-0.15, -0.1) is 0 Å². The zero-order chi connectivity index (χ0) is 10.6. The Morgan fingerprint density at radius 3 is 2.93 bits per heavy atom. The smallest absolute Gasteiger partial charge is 0.379 e. The van der Waals surface area contributed by atoms with Gasteiger partial charge in [0.25, 0.3) is 5.76 Å². The van der Waals surface area contributed by atoms with Gasteiger partial charge in [0.2, 0.25) is 0 Å². The third-order valence-electron chi connectivity index (χ3n) is 1.53. The Hall–Kier alpha value is -1.72. The normalized spacial score (nSPS) is 9.86. The molecule has 0 aliphatic rings. The van der Waals surface area contributed by atoms with Crippen LogP contribution in [-0.2, 0) is 4.74 Å². The largest absolute Gasteiger partial charge is 0.460 e. The topological polar surface area (TPSA) is 90.4 Å². The number of carbonyl (C=O) groups is 1. The number of nitrogens with one attached hydrogen (secondary N) is 1. The van der Waals surface area contributed by atoms with Gasteiger partial charge in [-0.3, -0.25) is 0 Å². The molecule has 6 nitrogen and oxygen atoms in total. The van der Waals surface area contributed by atoms with Gasteiger partial charge in [0.05, 0.1) is 6.61 Å². The van der Waals surface area contributed by atoms with Crippen molar-refractivity contribution in [3.8, 4) is 0 Å². The molecule has 0 atom stereocenters. The Morgan fingerprint density at radius 2 is 2.36 bits per heavy atom. The Balaban J connectivity index is 2.90. The molecule has 0 radical (unpaired) electrons. The van der Waals surface area contributed by atoms with E-state index in [2.05, 4.69) is 10.5 Å². The van der Waals surface area contributed by atoms with Crippen LogP contribution in [0.2, 0.25) is 0 Å². The zero-order valence-corrected chi connectivity index (χ0v) is 8.16. The number of hydrogen-bond donors (Lipinski definition) is 2. The maximum atomic E-state index is 11.3. The van der Waals surface area contributed by atoms with Crippen LogP contribution in [0.25, 0.3) is 0 Å². The molecule has 0 bridgehead atoms. The van der Waals surface area contributed by atoms with Gasteiger partial charge >= 0.3 is 5.97 Å². The number of aromatic nitrogens is 1. The van der Waals surface area contributed by atoms with Crippen molar-refractivity contribution in [2.45, 2.75) is 13.8 Å². The van der Waals surface area contributed by atoms with Gasteiger partial charge in [-0.25, -0.2) is 4.79 Å². The van der Waals surface area contributed by atoms with Gasteiger partial charge in [-0.2, -0.15) is 0 Å². The summed E-state index contributed by atoms with van der Waals surface area (Å²) in [4.78, 5) is 11.3. The quantitative estimate of drug-likeness (QED) is 0.699. The molecule has 1 aromatic heterocycles. The number of nitrogen functional groups attached to an aromatic ring is 1. The van der Waals surface area contributed by atoms with Crippen LogP contribution in [-0.4, -0.2) is 24.3 Å². The molecule has 3 N–H and O–H groups in total. The number of nitrogens with two attached hydrogens (primary N) is 1. The minimum absolute atomic E-state index is 0.0196. The van der Waals surface area contributed by atoms with E-state index in [0.717, 1.165) is 0 Å². The molecule has 0 aliphatic heterocycles. The summed E-state index contributed by atoms with van der Waals surface area (Å²) in [7, 11) is 0. The number of ether oxygens (including phenoxy) is 1. The van der Waals surface area contributed by atoms with E-state index < -0.39 is 5.97 Å². The lowest BCUT2D eigenvalue weighted by Gasteiger charge is -2.02. The fraction of sp³-hybridized carbons (Fsp3) is 0.500. The van der Waals surface area contributed by atoms with E-state index in [-0.39, 0.29) is 18.2 Å². The lowest BCUT2D eigenvalue weighted by Crippen LogP contribution is -2.08. The number of esters is 1. The van der Waals surface area contributed by atoms with E-state index in [4.69, 9.17) is 15.0 Å². The minimum Gasteiger partial charge on any atom is -0.460 e. The van der Waals surface area contributed by atoms with E-state index in [9.17, 15) is 4.79 Å². The van der Waals surface area contributed by atoms with E-state index in [1.165, 1.54) is 0 Å². The Kier molecular flexibility index (Phi) is 3.33. The number of nitrogens with zero attached hydrogens (tertiary/aromatic N) is 1. The molecular formula is C8H13N3O3. The molecule has 0 aliphatic carbocycles. The Bertz CT molecular complexity index is 322. The molecule has 78 valence electrons. The average molecular weight is 199 g/mol. The molecule has 6 heteroatoms. The first-order valence-corrected chi connectivity index (χ1v) is 4.36. The number of carbonyl (C=O) groups excluding carboxylic acids is 1. The highest BCUT2D eigenvalue weighted by molar-refractivity contribution is 5.95. The first-order chi connectivity index (χ1) is 6.70. The van der Waals surface area contributed by atoms with Gasteiger partial charge in [-0.1, -0.05) is 5.16 Å². The van der Waals surface area contributed by atoms with Gasteiger partial charge < -0.3 is 20.3 Å². The Morgan fingerprint density at radius 1 is 1.64 bits per heavy atom. The molecule has 0 saturated carbocycles. The van der Waals surface area contributed by atoms with E-state index in [0.29, 0.717) is 12.2 Å². The first-order valence-electron chi connectivity index (χ1n) is 4.36. The molecule has 1 rings (SSSR count). The van der Waals surface area contributed by atoms with Crippen LogP contribution in [0.15, 0.2) is 4.52 Å². The number of rotatable bonds is 4. The molecule has 0 saturated heterocycles. The third-order valence-corrected chi connectivity index (χ3v) is 1.53. The maximum Gasteiger partial charge on any atom is 0.379 e. The van der Waals surface area contributed by atoms with Crippen molar-refractivity contribution in [2.24, 2.45) is 0 Å². The molecule has 0 amide bonds. The second-order valence-electron chi connectivity index (χ2n) is 2.52. The summed E-state index contributed by atoms with van der Waals surface area (Å²) in [6.45, 7) is 4.49. The van der Waals surface area contributed by atoms with E-state index in [1.807, 2.05) is 6.92 Å². The molecule has 0 spiro atoms. The first kappa shape index (κ1) is 10.4. The fourth-order valence-corrected chi connectivity index (χ4v) is 0.986. The molecule has 0 fully saturated rings. The molecular weight excluding hydrogens is 186 g/mol. The fourth-order valence-electron chi connectivity index (χ4n) is 0.986. The van der Waals surface area contributed by atoms with Crippen LogP contribution in [0.3, 0.4) is 0 Å². The van der Waals surface area contributed by atoms with Crippen molar-refractivity contribution >= 4 is 17.5 Å². The third kappa shape index (κ3) is 1.95. The second kappa shape index (κ2) is 4.50. The summed E-state index contributed by atoms with van der Waals surface area (Å²) in [6.07, 6.45) is 0. The number of anilines is 2. The highest BCUT2D eigenvalue weighted by atomic mass is 16.6. The van der Waals surface area contributed by atoms with E-state index >= 15 is 0 Å². The Labute approximate surface area is 81.4 Å². The lowest BCUT2D eigenvalue weighted by atomic mass is 10.3. The number of hydrogen-bond acceptors (Lipinski definition) is 6. The predicted molar refractivity (Wildman–Crippen MR) is 51.0 cm³/mol. The molecule has 0 unspecified atom stereocenters. The van der Waals surface area contributed by atoms with Crippen molar-refractivity contribution in [3.63, 3.8) is 0 Å². The average Bonchev–Trinajstić information content (AvgIpc) is 2.50. The molecule has 14 heavy (non-hydrogen) atoms. The maximum absolute atomic E-state index is 11.3. The van der Waals surface area contributed by atoms with Crippen LogP contribution in [0.5, 0.6) is 0 Å². The summed E-state index contributed by atoms with van der Waals surface area (Å²) in [5.41, 5.74) is 5.88. The van der Waals surface area contributed by atoms with Crippen LogP contribution in [0, 0.1) is 0 Å². The second-order valence-corrected chi connectivity index (χ2v) is 2.52. The summed E-state index contributed by atoms with van der Waals surface area (Å²) in [5.74, 6) is -0.381. The van der Waals surface area contributed by atoms with Gasteiger partial charge in [-0.05, 0) is 13.8 Å². The summed E-state index contributed by atoms with van der Waals surface area (Å²) in [6, 6.07) is 0. The van der Waals surface area contributed by atoms with Gasteiger partial charge in [0, 0.05) is 6.54 Å². The SMILES string of the molecule is CCNc1c(N)noc1C(=O)OCC. The summed E-state index contributed by atoms with van der Waals surface area (Å²) >= 11 is 0. The van der Waals surface area contributed by atoms with Crippen molar-refractivity contribution in [2.75, 3.05) is 24.2 Å². The van der Waals surface area contributed by atoms with Gasteiger partial charge in [0.15, 0.2) is 5.82 Å². The van der Waals surface area contributed by atoms with Crippen molar-refractivity contribution in [1.29, 1.82) is 0 Å². The summed E-state index contributed by atoms with van der Waals surface area (Å²) in [5, 5.41) is 6.36. The van der Waals surface area contributed by atoms with Crippen LogP contribution >= 0.6 is 0 Å². The zero-order valence-electron chi connectivity index (χ0n) is 8.16. The monoisotopic (exact) mass is 199 g/mol. The molecule has 0 aromatic carbocycles. The van der Waals surface area contributed by atoms with Crippen LogP contribution in [0.1, 0.15) is 24.4 Å². The van der Waals surface area contributed by atoms with Crippen molar-refractivity contribution < 1.29 is 14.1 Å². The van der Waals surface area contributed by atoms with Crippen molar-refractivity contribution in [3.05, 3.63) is 5.76 Å². The van der Waals surface area contributed by atoms with Crippen LogP contribution < -0.4 is 11.1 Å².